The van der Waals surface area contributed by atoms with Crippen LogP contribution in [0.2, 0.25) is 0 Å². The maximum Gasteiger partial charge on any atom is 0.241 e. The summed E-state index contributed by atoms with van der Waals surface area (Å²) in [6.45, 7) is 2.55. The van der Waals surface area contributed by atoms with Crippen LogP contribution < -0.4 is 4.72 Å². The van der Waals surface area contributed by atoms with Gasteiger partial charge in [0.05, 0.1) is 11.5 Å². The molecule has 2 N–H and O–H groups in total. The van der Waals surface area contributed by atoms with Gasteiger partial charge < -0.3 is 5.11 Å². The van der Waals surface area contributed by atoms with Crippen LogP contribution in [0.15, 0.2) is 29.2 Å². The second kappa shape index (κ2) is 6.61. The Morgan fingerprint density at radius 1 is 1.33 bits per heavy atom. The third kappa shape index (κ3) is 4.07. The van der Waals surface area contributed by atoms with Crippen LogP contribution in [-0.4, -0.2) is 26.7 Å². The van der Waals surface area contributed by atoms with E-state index in [1.165, 1.54) is 0 Å². The third-order valence-corrected chi connectivity index (χ3v) is 5.44. The van der Waals surface area contributed by atoms with Gasteiger partial charge in [-0.1, -0.05) is 30.9 Å². The molecule has 0 aromatic heterocycles. The zero-order valence-corrected chi connectivity index (χ0v) is 13.0. The summed E-state index contributed by atoms with van der Waals surface area (Å²) < 4.78 is 27.6. The molecule has 1 aliphatic rings. The predicted octanol–water partition coefficient (Wildman–Crippen LogP) is 1.89. The van der Waals surface area contributed by atoms with Gasteiger partial charge in [-0.2, -0.15) is 0 Å². The molecule has 1 aromatic carbocycles. The zero-order valence-electron chi connectivity index (χ0n) is 12.2. The molecule has 1 fully saturated rings. The maximum atomic E-state index is 12.4. The van der Waals surface area contributed by atoms with Gasteiger partial charge >= 0.3 is 0 Å². The van der Waals surface area contributed by atoms with Crippen molar-refractivity contribution in [2.75, 3.05) is 13.2 Å². The Morgan fingerprint density at radius 3 is 2.67 bits per heavy atom. The van der Waals surface area contributed by atoms with Gasteiger partial charge in [-0.05, 0) is 36.8 Å². The predicted molar refractivity (Wildman–Crippen MR) is 82.2 cm³/mol. The van der Waals surface area contributed by atoms with Gasteiger partial charge in [-0.25, -0.2) is 13.1 Å². The van der Waals surface area contributed by atoms with Gasteiger partial charge in [0.25, 0.3) is 0 Å². The van der Waals surface area contributed by atoms with Crippen molar-refractivity contribution in [3.8, 4) is 11.8 Å². The Balaban J connectivity index is 2.18. The van der Waals surface area contributed by atoms with E-state index in [0.717, 1.165) is 19.3 Å². The standard InChI is InChI=1S/C16H21NO3S/c1-2-16(10-11-16)13-17-21(19,20)15-9-4-3-7-14(15)8-5-6-12-18/h3-4,7,9,17-18H,2,6,10-13H2,1H3. The van der Waals surface area contributed by atoms with Crippen molar-refractivity contribution in [2.45, 2.75) is 37.5 Å². The maximum absolute atomic E-state index is 12.4. The smallest absolute Gasteiger partial charge is 0.241 e. The van der Waals surface area contributed by atoms with Crippen molar-refractivity contribution in [2.24, 2.45) is 5.41 Å². The summed E-state index contributed by atoms with van der Waals surface area (Å²) in [5.74, 6) is 5.59. The zero-order chi connectivity index (χ0) is 15.3. The van der Waals surface area contributed by atoms with Crippen LogP contribution in [0.4, 0.5) is 0 Å². The fraction of sp³-hybridized carbons (Fsp3) is 0.500. The fourth-order valence-electron chi connectivity index (χ4n) is 2.18. The van der Waals surface area contributed by atoms with Crippen molar-refractivity contribution < 1.29 is 13.5 Å². The number of rotatable bonds is 6. The average molecular weight is 307 g/mol. The van der Waals surface area contributed by atoms with E-state index in [2.05, 4.69) is 23.5 Å². The van der Waals surface area contributed by atoms with Crippen LogP contribution in [0.3, 0.4) is 0 Å². The van der Waals surface area contributed by atoms with Crippen LogP contribution in [0.1, 0.15) is 38.2 Å². The first-order valence-electron chi connectivity index (χ1n) is 7.21. The largest absolute Gasteiger partial charge is 0.395 e. The van der Waals surface area contributed by atoms with Gasteiger partial charge in [-0.3, -0.25) is 0 Å². The summed E-state index contributed by atoms with van der Waals surface area (Å²) in [5, 5.41) is 8.75. The number of benzene rings is 1. The Bertz CT molecular complexity index is 652. The minimum Gasteiger partial charge on any atom is -0.395 e. The van der Waals surface area contributed by atoms with Crippen LogP contribution in [-0.2, 0) is 10.0 Å². The molecule has 0 aliphatic heterocycles. The van der Waals surface area contributed by atoms with Crippen molar-refractivity contribution >= 4 is 10.0 Å². The summed E-state index contributed by atoms with van der Waals surface area (Å²) in [5.41, 5.74) is 0.629. The Labute approximate surface area is 126 Å². The summed E-state index contributed by atoms with van der Waals surface area (Å²) >= 11 is 0. The monoisotopic (exact) mass is 307 g/mol. The van der Waals surface area contributed by atoms with Gasteiger partial charge in [0.15, 0.2) is 0 Å². The first-order chi connectivity index (χ1) is 10.0. The van der Waals surface area contributed by atoms with Crippen LogP contribution in [0, 0.1) is 17.3 Å². The number of nitrogens with one attached hydrogen (secondary N) is 1. The molecule has 114 valence electrons. The molecule has 1 saturated carbocycles. The molecule has 0 unspecified atom stereocenters. The molecule has 0 amide bonds. The van der Waals surface area contributed by atoms with E-state index in [4.69, 9.17) is 5.11 Å². The van der Waals surface area contributed by atoms with Crippen molar-refractivity contribution in [1.82, 2.24) is 4.72 Å². The van der Waals surface area contributed by atoms with E-state index in [0.29, 0.717) is 18.5 Å². The number of hydrogen-bond acceptors (Lipinski definition) is 3. The summed E-state index contributed by atoms with van der Waals surface area (Å²) in [4.78, 5) is 0.211. The first kappa shape index (κ1) is 16.0. The molecule has 0 atom stereocenters. The molecule has 4 nitrogen and oxygen atoms in total. The lowest BCUT2D eigenvalue weighted by Crippen LogP contribution is -2.30. The number of aliphatic hydroxyl groups excluding tert-OH is 1. The molecule has 0 heterocycles. The Morgan fingerprint density at radius 2 is 2.05 bits per heavy atom. The average Bonchev–Trinajstić information content (AvgIpc) is 3.27. The lowest BCUT2D eigenvalue weighted by Gasteiger charge is -2.14. The van der Waals surface area contributed by atoms with Gasteiger partial charge in [0.2, 0.25) is 10.0 Å². The SMILES string of the molecule is CCC1(CNS(=O)(=O)c2ccccc2C#CCCO)CC1. The van der Waals surface area contributed by atoms with Crippen LogP contribution >= 0.6 is 0 Å². The Hall–Kier alpha value is -1.35. The van der Waals surface area contributed by atoms with E-state index in [-0.39, 0.29) is 16.9 Å². The molecule has 0 saturated heterocycles. The lowest BCUT2D eigenvalue weighted by molar-refractivity contribution is 0.305. The number of aliphatic hydroxyl groups is 1. The topological polar surface area (TPSA) is 66.4 Å². The van der Waals surface area contributed by atoms with E-state index in [9.17, 15) is 8.42 Å². The lowest BCUT2D eigenvalue weighted by atomic mass is 10.1. The van der Waals surface area contributed by atoms with E-state index >= 15 is 0 Å². The highest BCUT2D eigenvalue weighted by atomic mass is 32.2. The van der Waals surface area contributed by atoms with Crippen LogP contribution in [0.5, 0.6) is 0 Å². The summed E-state index contributed by atoms with van der Waals surface area (Å²) in [6, 6.07) is 6.71. The number of hydrogen-bond donors (Lipinski definition) is 2. The number of sulfonamides is 1. The molecular formula is C16H21NO3S. The second-order valence-electron chi connectivity index (χ2n) is 5.45. The quantitative estimate of drug-likeness (QED) is 0.789. The van der Waals surface area contributed by atoms with Crippen molar-refractivity contribution in [3.05, 3.63) is 29.8 Å². The highest BCUT2D eigenvalue weighted by molar-refractivity contribution is 7.89. The highest BCUT2D eigenvalue weighted by Gasteiger charge is 2.41. The normalized spacial score (nSPS) is 16.1. The second-order valence-corrected chi connectivity index (χ2v) is 7.19. The summed E-state index contributed by atoms with van der Waals surface area (Å²) in [6.07, 6.45) is 3.50. The molecule has 0 spiro atoms. The third-order valence-electron chi connectivity index (χ3n) is 3.98. The van der Waals surface area contributed by atoms with E-state index in [1.807, 2.05) is 0 Å². The molecule has 21 heavy (non-hydrogen) atoms. The van der Waals surface area contributed by atoms with Crippen molar-refractivity contribution in [1.29, 1.82) is 0 Å². The molecule has 1 aliphatic carbocycles. The fourth-order valence-corrected chi connectivity index (χ4v) is 3.49. The minimum absolute atomic E-state index is 0.0286. The molecule has 5 heteroatoms. The summed E-state index contributed by atoms with van der Waals surface area (Å²) in [7, 11) is -3.55. The molecule has 2 rings (SSSR count). The van der Waals surface area contributed by atoms with Crippen molar-refractivity contribution in [3.63, 3.8) is 0 Å². The van der Waals surface area contributed by atoms with E-state index in [1.54, 1.807) is 24.3 Å². The van der Waals surface area contributed by atoms with E-state index < -0.39 is 10.0 Å². The minimum atomic E-state index is -3.55. The highest BCUT2D eigenvalue weighted by Crippen LogP contribution is 2.48. The van der Waals surface area contributed by atoms with Crippen LogP contribution in [0.25, 0.3) is 0 Å². The first-order valence-corrected chi connectivity index (χ1v) is 8.70. The molecule has 0 radical (unpaired) electrons. The van der Waals surface area contributed by atoms with Gasteiger partial charge in [0.1, 0.15) is 0 Å². The Kier molecular flexibility index (Phi) is 5.04. The van der Waals surface area contributed by atoms with Gasteiger partial charge in [-0.15, -0.1) is 0 Å². The van der Waals surface area contributed by atoms with Gasteiger partial charge in [0, 0.05) is 18.5 Å². The molecular weight excluding hydrogens is 286 g/mol. The molecule has 0 bridgehead atoms. The molecule has 1 aromatic rings.